The minimum Gasteiger partial charge on any atom is -0.511 e. The summed E-state index contributed by atoms with van der Waals surface area (Å²) >= 11 is 0. The number of nitrogens with one attached hydrogen (secondary N) is 2. The molecule has 2 fully saturated rings. The summed E-state index contributed by atoms with van der Waals surface area (Å²) in [5.74, 6) is -0.308. The number of hydrogen-bond donors (Lipinski definition) is 3. The number of fused-ring (bicyclic) bond motifs is 2. The van der Waals surface area contributed by atoms with Crippen LogP contribution in [0.15, 0.2) is 38.8 Å². The van der Waals surface area contributed by atoms with E-state index in [0.29, 0.717) is 12.5 Å². The molecule has 178 valence electrons. The van der Waals surface area contributed by atoms with E-state index in [1.807, 2.05) is 0 Å². The van der Waals surface area contributed by atoms with Crippen molar-refractivity contribution >= 4 is 43.2 Å². The Kier molecular flexibility index (Phi) is 5.20. The van der Waals surface area contributed by atoms with Crippen molar-refractivity contribution in [2.45, 2.75) is 49.5 Å². The van der Waals surface area contributed by atoms with Crippen LogP contribution >= 0.6 is 0 Å². The lowest BCUT2D eigenvalue weighted by Gasteiger charge is -2.39. The van der Waals surface area contributed by atoms with Crippen LogP contribution in [0.4, 0.5) is 11.4 Å². The first-order valence-electron chi connectivity index (χ1n) is 11.0. The molecule has 1 aromatic carbocycles. The molecule has 1 amide bonds. The van der Waals surface area contributed by atoms with E-state index < -0.39 is 26.0 Å². The summed E-state index contributed by atoms with van der Waals surface area (Å²) in [7, 11) is -7.84. The van der Waals surface area contributed by atoms with E-state index in [1.54, 1.807) is 4.90 Å². The molecule has 33 heavy (non-hydrogen) atoms. The molecule has 2 unspecified atom stereocenters. The van der Waals surface area contributed by atoms with Crippen LogP contribution in [-0.2, 0) is 24.8 Å². The third-order valence-corrected chi connectivity index (χ3v) is 8.62. The molecule has 0 spiro atoms. The Bertz CT molecular complexity index is 1300. The fourth-order valence-electron chi connectivity index (χ4n) is 4.98. The Morgan fingerprint density at radius 3 is 2.70 bits per heavy atom. The van der Waals surface area contributed by atoms with Crippen molar-refractivity contribution in [2.75, 3.05) is 22.8 Å². The van der Waals surface area contributed by atoms with E-state index in [2.05, 4.69) is 14.4 Å². The van der Waals surface area contributed by atoms with Gasteiger partial charge in [0.05, 0.1) is 11.9 Å². The molecular formula is C21H26N4O6S2. The maximum absolute atomic E-state index is 13.5. The van der Waals surface area contributed by atoms with Crippen LogP contribution in [0.3, 0.4) is 0 Å². The monoisotopic (exact) mass is 494 g/mol. The third-order valence-electron chi connectivity index (χ3n) is 6.70. The SMILES string of the molecule is CS(=O)(=O)Nc1ccc2c(c1)S(=O)(=O)N=C(C1=C(O)C3CCCC3N(CCC3CC3)C1=O)N2. The maximum Gasteiger partial charge on any atom is 0.286 e. The van der Waals surface area contributed by atoms with Crippen LogP contribution in [0.25, 0.3) is 0 Å². The number of sulfonamides is 2. The Balaban J connectivity index is 1.51. The first kappa shape index (κ1) is 22.2. The van der Waals surface area contributed by atoms with Crippen LogP contribution in [0.2, 0.25) is 0 Å². The number of carbonyl (C=O) groups is 1. The normalized spacial score (nSPS) is 26.4. The molecular weight excluding hydrogens is 468 g/mol. The highest BCUT2D eigenvalue weighted by molar-refractivity contribution is 7.92. The Morgan fingerprint density at radius 2 is 2.00 bits per heavy atom. The Morgan fingerprint density at radius 1 is 1.24 bits per heavy atom. The van der Waals surface area contributed by atoms with Crippen molar-refractivity contribution in [3.63, 3.8) is 0 Å². The molecule has 0 saturated heterocycles. The standard InChI is InChI=1S/C21H26N4O6S2/c1-32(28,29)23-13-7-8-15-17(11-13)33(30,31)24-20(22-15)18-19(26)14-3-2-4-16(14)25(21(18)27)10-9-12-5-6-12/h7-8,11-12,14,16,23,26H,2-6,9-10H2,1H3,(H,22,24). The number of aliphatic hydroxyl groups excluding tert-OH is 1. The molecule has 2 heterocycles. The topological polar surface area (TPSA) is 145 Å². The summed E-state index contributed by atoms with van der Waals surface area (Å²) in [4.78, 5) is 15.0. The van der Waals surface area contributed by atoms with E-state index in [4.69, 9.17) is 0 Å². The predicted octanol–water partition coefficient (Wildman–Crippen LogP) is 2.19. The summed E-state index contributed by atoms with van der Waals surface area (Å²) in [6.07, 6.45) is 6.63. The molecule has 3 N–H and O–H groups in total. The molecule has 2 atom stereocenters. The highest BCUT2D eigenvalue weighted by Gasteiger charge is 2.46. The van der Waals surface area contributed by atoms with Crippen LogP contribution < -0.4 is 10.0 Å². The quantitative estimate of drug-likeness (QED) is 0.550. The average Bonchev–Trinajstić information content (AvgIpc) is 3.40. The van der Waals surface area contributed by atoms with Gasteiger partial charge in [-0.05, 0) is 43.4 Å². The number of rotatable bonds is 6. The second-order valence-electron chi connectivity index (χ2n) is 9.22. The zero-order valence-corrected chi connectivity index (χ0v) is 19.7. The second kappa shape index (κ2) is 7.73. The summed E-state index contributed by atoms with van der Waals surface area (Å²) in [6.45, 7) is 0.582. The van der Waals surface area contributed by atoms with Crippen LogP contribution in [0.1, 0.15) is 38.5 Å². The molecule has 0 aromatic heterocycles. The highest BCUT2D eigenvalue weighted by Crippen LogP contribution is 2.42. The number of nitrogens with zero attached hydrogens (tertiary/aromatic N) is 2. The largest absolute Gasteiger partial charge is 0.511 e. The molecule has 4 aliphatic rings. The lowest BCUT2D eigenvalue weighted by molar-refractivity contribution is -0.131. The van der Waals surface area contributed by atoms with Gasteiger partial charge < -0.3 is 15.3 Å². The average molecular weight is 495 g/mol. The molecule has 2 aliphatic heterocycles. The number of amides is 1. The number of benzene rings is 1. The summed E-state index contributed by atoms with van der Waals surface area (Å²) in [5, 5.41) is 13.9. The van der Waals surface area contributed by atoms with E-state index in [-0.39, 0.29) is 45.4 Å². The number of aliphatic hydroxyl groups is 1. The first-order chi connectivity index (χ1) is 15.5. The van der Waals surface area contributed by atoms with Crippen molar-refractivity contribution < 1.29 is 26.7 Å². The van der Waals surface area contributed by atoms with E-state index in [9.17, 15) is 26.7 Å². The number of anilines is 2. The van der Waals surface area contributed by atoms with Crippen molar-refractivity contribution in [3.8, 4) is 0 Å². The fraction of sp³-hybridized carbons (Fsp3) is 0.524. The van der Waals surface area contributed by atoms with Crippen molar-refractivity contribution in [1.82, 2.24) is 4.90 Å². The lowest BCUT2D eigenvalue weighted by Crippen LogP contribution is -2.50. The van der Waals surface area contributed by atoms with Gasteiger partial charge >= 0.3 is 0 Å². The van der Waals surface area contributed by atoms with Gasteiger partial charge in [0.1, 0.15) is 16.2 Å². The molecule has 5 rings (SSSR count). The third kappa shape index (κ3) is 4.21. The molecule has 2 saturated carbocycles. The van der Waals surface area contributed by atoms with Gasteiger partial charge in [-0.2, -0.15) is 8.42 Å². The summed E-state index contributed by atoms with van der Waals surface area (Å²) in [5.41, 5.74) is 0.142. The van der Waals surface area contributed by atoms with Gasteiger partial charge in [0.25, 0.3) is 15.9 Å². The maximum atomic E-state index is 13.5. The van der Waals surface area contributed by atoms with Gasteiger partial charge in [0, 0.05) is 24.2 Å². The second-order valence-corrected chi connectivity index (χ2v) is 12.5. The van der Waals surface area contributed by atoms with E-state index in [1.165, 1.54) is 31.0 Å². The Labute approximate surface area is 192 Å². The molecule has 0 bridgehead atoms. The zero-order chi connectivity index (χ0) is 23.5. The first-order valence-corrected chi connectivity index (χ1v) is 14.3. The van der Waals surface area contributed by atoms with Gasteiger partial charge in [-0.1, -0.05) is 19.3 Å². The molecule has 2 aliphatic carbocycles. The number of carbonyl (C=O) groups excluding carboxylic acids is 1. The van der Waals surface area contributed by atoms with Crippen LogP contribution in [-0.4, -0.2) is 57.4 Å². The summed E-state index contributed by atoms with van der Waals surface area (Å²) in [6, 6.07) is 3.92. The number of hydrogen-bond acceptors (Lipinski definition) is 7. The molecule has 10 nitrogen and oxygen atoms in total. The molecule has 0 radical (unpaired) electrons. The van der Waals surface area contributed by atoms with Crippen molar-refractivity contribution in [1.29, 1.82) is 0 Å². The van der Waals surface area contributed by atoms with Gasteiger partial charge in [-0.25, -0.2) is 8.42 Å². The number of amidine groups is 1. The highest BCUT2D eigenvalue weighted by atomic mass is 32.2. The van der Waals surface area contributed by atoms with Gasteiger partial charge in [-0.15, -0.1) is 4.40 Å². The van der Waals surface area contributed by atoms with Crippen LogP contribution in [0.5, 0.6) is 0 Å². The van der Waals surface area contributed by atoms with Gasteiger partial charge in [-0.3, -0.25) is 9.52 Å². The minimum atomic E-state index is -4.25. The van der Waals surface area contributed by atoms with E-state index in [0.717, 1.165) is 31.9 Å². The van der Waals surface area contributed by atoms with Gasteiger partial charge in [0.2, 0.25) is 10.0 Å². The van der Waals surface area contributed by atoms with Crippen molar-refractivity contribution in [3.05, 3.63) is 29.5 Å². The van der Waals surface area contributed by atoms with E-state index >= 15 is 0 Å². The zero-order valence-electron chi connectivity index (χ0n) is 18.1. The molecule has 12 heteroatoms. The van der Waals surface area contributed by atoms with Crippen LogP contribution in [0, 0.1) is 11.8 Å². The summed E-state index contributed by atoms with van der Waals surface area (Å²) < 4.78 is 55.0. The minimum absolute atomic E-state index is 0.0716. The Hall–Kier alpha value is -2.60. The fourth-order valence-corrected chi connectivity index (χ4v) is 6.69. The smallest absolute Gasteiger partial charge is 0.286 e. The lowest BCUT2D eigenvalue weighted by atomic mass is 9.90. The van der Waals surface area contributed by atoms with Gasteiger partial charge in [0.15, 0.2) is 5.84 Å². The predicted molar refractivity (Wildman–Crippen MR) is 123 cm³/mol. The van der Waals surface area contributed by atoms with Crippen molar-refractivity contribution in [2.24, 2.45) is 16.2 Å². The molecule has 1 aromatic rings.